The number of carbonyl (C=O) groups excluding carboxylic acids is 1. The molecule has 1 unspecified atom stereocenters. The third kappa shape index (κ3) is 4.49. The van der Waals surface area contributed by atoms with Crippen molar-refractivity contribution in [3.8, 4) is 11.4 Å². The number of esters is 1. The second kappa shape index (κ2) is 10.4. The number of nitrogens with one attached hydrogen (secondary N) is 1. The maximum Gasteiger partial charge on any atom is 0.343 e. The van der Waals surface area contributed by atoms with E-state index in [1.807, 2.05) is 17.9 Å². The molecule has 3 aliphatic heterocycles. The third-order valence-electron chi connectivity index (χ3n) is 9.63. The van der Waals surface area contributed by atoms with Crippen LogP contribution in [0.2, 0.25) is 0 Å². The van der Waals surface area contributed by atoms with E-state index < -0.39 is 11.6 Å². The molecule has 0 radical (unpaired) electrons. The number of likely N-dealkylation sites (N-methyl/N-ethyl adjacent to an activating group) is 1. The van der Waals surface area contributed by atoms with Gasteiger partial charge in [0.05, 0.1) is 47.4 Å². The van der Waals surface area contributed by atoms with Crippen molar-refractivity contribution in [1.82, 2.24) is 34.8 Å². The van der Waals surface area contributed by atoms with Crippen molar-refractivity contribution in [2.75, 3.05) is 20.1 Å². The van der Waals surface area contributed by atoms with Crippen LogP contribution in [-0.2, 0) is 41.4 Å². The average molecular weight is 584 g/mol. The van der Waals surface area contributed by atoms with Gasteiger partial charge in [0.15, 0.2) is 5.60 Å². The van der Waals surface area contributed by atoms with Gasteiger partial charge in [0.1, 0.15) is 6.61 Å². The van der Waals surface area contributed by atoms with Crippen LogP contribution in [0.25, 0.3) is 22.3 Å². The van der Waals surface area contributed by atoms with E-state index >= 15 is 0 Å². The van der Waals surface area contributed by atoms with Gasteiger partial charge in [0, 0.05) is 35.6 Å². The first-order valence-electron chi connectivity index (χ1n) is 15.1. The zero-order chi connectivity index (χ0) is 30.0. The lowest BCUT2D eigenvalue weighted by atomic mass is 9.86. The Kier molecular flexibility index (Phi) is 6.71. The third-order valence-corrected chi connectivity index (χ3v) is 9.63. The zero-order valence-electron chi connectivity index (χ0n) is 25.1. The Morgan fingerprint density at radius 2 is 1.95 bits per heavy atom. The number of piperidine rings is 1. The Morgan fingerprint density at radius 1 is 1.14 bits per heavy atom. The first kappa shape index (κ1) is 27.9. The highest BCUT2D eigenvalue weighted by molar-refractivity contribution is 5.90. The van der Waals surface area contributed by atoms with E-state index in [2.05, 4.69) is 46.5 Å². The number of nitrogens with zero attached hydrogens (tertiary/aromatic N) is 6. The molecule has 224 valence electrons. The lowest BCUT2D eigenvalue weighted by Gasteiger charge is -2.31. The van der Waals surface area contributed by atoms with Gasteiger partial charge in [0.2, 0.25) is 0 Å². The molecule has 3 aliphatic rings. The smallest absolute Gasteiger partial charge is 0.343 e. The van der Waals surface area contributed by atoms with E-state index in [9.17, 15) is 14.7 Å². The van der Waals surface area contributed by atoms with Crippen LogP contribution >= 0.6 is 0 Å². The summed E-state index contributed by atoms with van der Waals surface area (Å²) in [6.07, 6.45) is 4.46. The summed E-state index contributed by atoms with van der Waals surface area (Å²) in [6, 6.07) is 6.50. The van der Waals surface area contributed by atoms with Crippen LogP contribution in [-0.4, -0.2) is 66.7 Å². The van der Waals surface area contributed by atoms with Crippen LogP contribution < -0.4 is 10.9 Å². The number of hydrogen-bond donors (Lipinski definition) is 2. The van der Waals surface area contributed by atoms with Crippen molar-refractivity contribution in [2.45, 2.75) is 77.9 Å². The standard InChI is InChI=1S/C32H37N7O4/c1-5-32(42)26-11-28-29-24(16-39(28)30(40)25(26)17-43-31(32)41)23(22-9-18(2)19(3)10-27(22)34-29)15-38-14-21(35-36-38)13-37-8-6-7-20(12-37)33-4/h9-11,14,20,33,42H,5-8,12-13,15-17H2,1-4H3/t20?,32-/m0/s1. The minimum absolute atomic E-state index is 0.102. The highest BCUT2D eigenvalue weighted by Gasteiger charge is 2.45. The summed E-state index contributed by atoms with van der Waals surface area (Å²) in [4.78, 5) is 33.9. The predicted molar refractivity (Wildman–Crippen MR) is 160 cm³/mol. The molecule has 43 heavy (non-hydrogen) atoms. The summed E-state index contributed by atoms with van der Waals surface area (Å²) in [6.45, 7) is 9.30. The molecule has 4 aromatic rings. The molecule has 11 nitrogen and oxygen atoms in total. The van der Waals surface area contributed by atoms with E-state index in [1.54, 1.807) is 17.6 Å². The molecule has 0 bridgehead atoms. The molecule has 0 spiro atoms. The van der Waals surface area contributed by atoms with Crippen molar-refractivity contribution in [1.29, 1.82) is 0 Å². The number of aromatic nitrogens is 5. The Hall–Kier alpha value is -3.93. The molecule has 0 amide bonds. The SMILES string of the molecule is CC[C@@]1(O)C(=O)OCc2c1cc1n(c2=O)Cc2c-1nc1cc(C)c(C)cc1c2Cn1cc(CN2CCCC(NC)C2)nn1. The number of hydrogen-bond acceptors (Lipinski definition) is 9. The molecule has 1 aromatic carbocycles. The molecule has 11 heteroatoms. The molecule has 2 atom stereocenters. The second-order valence-corrected chi connectivity index (χ2v) is 12.2. The van der Waals surface area contributed by atoms with Gasteiger partial charge in [-0.15, -0.1) is 5.10 Å². The van der Waals surface area contributed by atoms with E-state index in [1.165, 1.54) is 6.42 Å². The van der Waals surface area contributed by atoms with Crippen LogP contribution in [0.3, 0.4) is 0 Å². The summed E-state index contributed by atoms with van der Waals surface area (Å²) in [5, 5.41) is 24.7. The van der Waals surface area contributed by atoms with Gasteiger partial charge >= 0.3 is 5.97 Å². The fourth-order valence-electron chi connectivity index (χ4n) is 6.92. The zero-order valence-corrected chi connectivity index (χ0v) is 25.1. The number of likely N-dealkylation sites (tertiary alicyclic amines) is 1. The van der Waals surface area contributed by atoms with Gasteiger partial charge < -0.3 is 19.7 Å². The van der Waals surface area contributed by atoms with Crippen LogP contribution in [0.5, 0.6) is 0 Å². The Labute approximate surface area is 249 Å². The summed E-state index contributed by atoms with van der Waals surface area (Å²) >= 11 is 0. The van der Waals surface area contributed by atoms with Gasteiger partial charge in [-0.25, -0.2) is 14.5 Å². The van der Waals surface area contributed by atoms with Crippen LogP contribution in [0, 0.1) is 13.8 Å². The highest BCUT2D eigenvalue weighted by atomic mass is 16.6. The topological polar surface area (TPSA) is 127 Å². The number of carbonyl (C=O) groups is 1. The first-order chi connectivity index (χ1) is 20.7. The summed E-state index contributed by atoms with van der Waals surface area (Å²) in [5.41, 5.74) is 5.80. The fraction of sp³-hybridized carbons (Fsp3) is 0.469. The van der Waals surface area contributed by atoms with Gasteiger partial charge in [-0.05, 0) is 81.6 Å². The molecule has 7 rings (SSSR count). The Morgan fingerprint density at radius 3 is 2.74 bits per heavy atom. The molecule has 2 N–H and O–H groups in total. The van der Waals surface area contributed by atoms with Crippen molar-refractivity contribution < 1.29 is 14.6 Å². The number of fused-ring (bicyclic) bond motifs is 5. The first-order valence-corrected chi connectivity index (χ1v) is 15.1. The average Bonchev–Trinajstić information content (AvgIpc) is 3.60. The van der Waals surface area contributed by atoms with Gasteiger partial charge in [0.25, 0.3) is 5.56 Å². The van der Waals surface area contributed by atoms with E-state index in [-0.39, 0.29) is 18.6 Å². The van der Waals surface area contributed by atoms with Crippen LogP contribution in [0.4, 0.5) is 0 Å². The largest absolute Gasteiger partial charge is 0.458 e. The molecule has 1 fully saturated rings. The number of benzene rings is 1. The molecule has 1 saturated heterocycles. The maximum absolute atomic E-state index is 13.8. The predicted octanol–water partition coefficient (Wildman–Crippen LogP) is 2.52. The quantitative estimate of drug-likeness (QED) is 0.290. The molecular formula is C32H37N7O4. The number of rotatable bonds is 6. The lowest BCUT2D eigenvalue weighted by Crippen LogP contribution is -2.44. The minimum atomic E-state index is -1.86. The van der Waals surface area contributed by atoms with E-state index in [0.717, 1.165) is 64.9 Å². The minimum Gasteiger partial charge on any atom is -0.458 e. The number of cyclic esters (lactones) is 1. The molecule has 0 saturated carbocycles. The molecule has 6 heterocycles. The Balaban J connectivity index is 1.32. The normalized spacial score (nSPS) is 21.5. The number of aliphatic hydroxyl groups is 1. The second-order valence-electron chi connectivity index (χ2n) is 12.2. The fourth-order valence-corrected chi connectivity index (χ4v) is 6.92. The summed E-state index contributed by atoms with van der Waals surface area (Å²) in [5.74, 6) is -0.726. The summed E-state index contributed by atoms with van der Waals surface area (Å²) < 4.78 is 8.81. The van der Waals surface area contributed by atoms with Gasteiger partial charge in [-0.1, -0.05) is 12.1 Å². The van der Waals surface area contributed by atoms with Gasteiger partial charge in [-0.2, -0.15) is 0 Å². The van der Waals surface area contributed by atoms with Crippen LogP contribution in [0.15, 0.2) is 29.2 Å². The number of pyridine rings is 2. The molecule has 0 aliphatic carbocycles. The van der Waals surface area contributed by atoms with Crippen molar-refractivity contribution in [3.05, 3.63) is 73.8 Å². The van der Waals surface area contributed by atoms with Crippen molar-refractivity contribution in [3.63, 3.8) is 0 Å². The lowest BCUT2D eigenvalue weighted by molar-refractivity contribution is -0.172. The van der Waals surface area contributed by atoms with E-state index in [4.69, 9.17) is 9.72 Å². The van der Waals surface area contributed by atoms with E-state index in [0.29, 0.717) is 41.6 Å². The van der Waals surface area contributed by atoms with Gasteiger partial charge in [-0.3, -0.25) is 9.69 Å². The van der Waals surface area contributed by atoms with Crippen LogP contribution in [0.1, 0.15) is 65.3 Å². The monoisotopic (exact) mass is 583 g/mol. The van der Waals surface area contributed by atoms with Crippen molar-refractivity contribution >= 4 is 16.9 Å². The molecular weight excluding hydrogens is 546 g/mol. The summed E-state index contributed by atoms with van der Waals surface area (Å²) in [7, 11) is 2.02. The highest BCUT2D eigenvalue weighted by Crippen LogP contribution is 2.40. The number of aryl methyl sites for hydroxylation is 2. The Bertz CT molecular complexity index is 1840. The number of ether oxygens (including phenoxy) is 1. The molecule has 3 aromatic heterocycles. The maximum atomic E-state index is 13.8. The van der Waals surface area contributed by atoms with Crippen molar-refractivity contribution in [2.24, 2.45) is 0 Å².